The summed E-state index contributed by atoms with van der Waals surface area (Å²) >= 11 is 1.28. The largest absolute Gasteiger partial charge is 0.497 e. The third-order valence-electron chi connectivity index (χ3n) is 4.73. The third kappa shape index (κ3) is 4.82. The molecule has 1 amide bonds. The van der Waals surface area contributed by atoms with E-state index in [9.17, 15) is 13.2 Å². The highest BCUT2D eigenvalue weighted by Gasteiger charge is 2.28. The number of carbonyl (C=O) groups excluding carboxylic acids is 1. The second kappa shape index (κ2) is 9.11. The molecule has 1 N–H and O–H groups in total. The minimum Gasteiger partial charge on any atom is -0.497 e. The van der Waals surface area contributed by atoms with Gasteiger partial charge in [0.05, 0.1) is 41.6 Å². The number of benzene rings is 2. The number of amides is 1. The molecule has 0 saturated carbocycles. The normalized spacial score (nSPS) is 11.7. The van der Waals surface area contributed by atoms with E-state index in [1.54, 1.807) is 43.5 Å². The van der Waals surface area contributed by atoms with Gasteiger partial charge in [-0.15, -0.1) is 0 Å². The number of rotatable bonds is 8. The molecule has 4 aromatic rings. The van der Waals surface area contributed by atoms with E-state index < -0.39 is 22.5 Å². The van der Waals surface area contributed by atoms with E-state index in [0.717, 1.165) is 14.6 Å². The van der Waals surface area contributed by atoms with E-state index in [-0.39, 0.29) is 11.4 Å². The standard InChI is InChI=1S/C22H21N3O5S2/c1-15-5-8-18(9-6-15)32(27,28)25(13-17-4-3-11-30-17)14-21(26)24-22-23-19-10-7-16(29-2)12-20(19)31-22/h3-12H,13-14H2,1-2H3,(H,23,24,26). The molecule has 4 rings (SSSR count). The van der Waals surface area contributed by atoms with Gasteiger partial charge in [0, 0.05) is 0 Å². The number of furan rings is 1. The molecule has 0 spiro atoms. The summed E-state index contributed by atoms with van der Waals surface area (Å²) in [6, 6.07) is 15.2. The number of nitrogens with one attached hydrogen (secondary N) is 1. The second-order valence-corrected chi connectivity index (χ2v) is 10.0. The Morgan fingerprint density at radius 2 is 1.97 bits per heavy atom. The van der Waals surface area contributed by atoms with Crippen molar-refractivity contribution < 1.29 is 22.4 Å². The van der Waals surface area contributed by atoms with Gasteiger partial charge in [0.15, 0.2) is 5.13 Å². The zero-order valence-corrected chi connectivity index (χ0v) is 19.1. The number of nitrogens with zero attached hydrogens (tertiary/aromatic N) is 2. The quantitative estimate of drug-likeness (QED) is 0.416. The molecule has 0 atom stereocenters. The Morgan fingerprint density at radius 1 is 1.19 bits per heavy atom. The lowest BCUT2D eigenvalue weighted by molar-refractivity contribution is -0.116. The van der Waals surface area contributed by atoms with Gasteiger partial charge in [-0.05, 0) is 49.4 Å². The predicted molar refractivity (Wildman–Crippen MR) is 122 cm³/mol. The highest BCUT2D eigenvalue weighted by atomic mass is 32.2. The van der Waals surface area contributed by atoms with Gasteiger partial charge in [-0.25, -0.2) is 13.4 Å². The van der Waals surface area contributed by atoms with Crippen LogP contribution in [0.5, 0.6) is 5.75 Å². The van der Waals surface area contributed by atoms with Crippen LogP contribution in [0.1, 0.15) is 11.3 Å². The first-order chi connectivity index (χ1) is 15.3. The summed E-state index contributed by atoms with van der Waals surface area (Å²) in [4.78, 5) is 17.3. The molecule has 2 aromatic heterocycles. The number of methoxy groups -OCH3 is 1. The monoisotopic (exact) mass is 471 g/mol. The molecule has 0 unspecified atom stereocenters. The Kier molecular flexibility index (Phi) is 6.26. The highest BCUT2D eigenvalue weighted by Crippen LogP contribution is 2.29. The molecule has 2 aromatic carbocycles. The summed E-state index contributed by atoms with van der Waals surface area (Å²) in [7, 11) is -2.36. The molecule has 0 fully saturated rings. The van der Waals surface area contributed by atoms with Gasteiger partial charge in [-0.1, -0.05) is 29.0 Å². The van der Waals surface area contributed by atoms with E-state index in [1.807, 2.05) is 13.0 Å². The van der Waals surface area contributed by atoms with Crippen LogP contribution in [0.15, 0.2) is 70.2 Å². The lowest BCUT2D eigenvalue weighted by Crippen LogP contribution is -2.37. The molecule has 0 aliphatic rings. The van der Waals surface area contributed by atoms with Crippen LogP contribution >= 0.6 is 11.3 Å². The lowest BCUT2D eigenvalue weighted by atomic mass is 10.2. The number of aryl methyl sites for hydroxylation is 1. The van der Waals surface area contributed by atoms with Gasteiger partial charge in [0.1, 0.15) is 11.5 Å². The zero-order valence-electron chi connectivity index (χ0n) is 17.4. The summed E-state index contributed by atoms with van der Waals surface area (Å²) in [5.74, 6) is 0.617. The Hall–Kier alpha value is -3.21. The number of anilines is 1. The molecule has 32 heavy (non-hydrogen) atoms. The van der Waals surface area contributed by atoms with Gasteiger partial charge in [0.25, 0.3) is 0 Å². The fraction of sp³-hybridized carbons (Fsp3) is 0.182. The van der Waals surface area contributed by atoms with Gasteiger partial charge in [-0.3, -0.25) is 4.79 Å². The number of sulfonamides is 1. The summed E-state index contributed by atoms with van der Waals surface area (Å²) in [6.45, 7) is 1.40. The summed E-state index contributed by atoms with van der Waals surface area (Å²) in [6.07, 6.45) is 1.46. The van der Waals surface area contributed by atoms with Crippen molar-refractivity contribution >= 4 is 42.6 Å². The molecule has 8 nitrogen and oxygen atoms in total. The Labute approximate surface area is 189 Å². The maximum Gasteiger partial charge on any atom is 0.243 e. The van der Waals surface area contributed by atoms with Crippen LogP contribution in [0.4, 0.5) is 5.13 Å². The van der Waals surface area contributed by atoms with E-state index in [1.165, 1.54) is 29.7 Å². The number of carbonyl (C=O) groups is 1. The predicted octanol–water partition coefficient (Wildman–Crippen LogP) is 4.04. The van der Waals surface area contributed by atoms with Gasteiger partial charge < -0.3 is 14.5 Å². The molecule has 0 saturated heterocycles. The molecule has 2 heterocycles. The molecule has 0 bridgehead atoms. The van der Waals surface area contributed by atoms with E-state index in [2.05, 4.69) is 10.3 Å². The fourth-order valence-electron chi connectivity index (χ4n) is 3.07. The summed E-state index contributed by atoms with van der Waals surface area (Å²) in [5.41, 5.74) is 1.65. The molecule has 10 heteroatoms. The van der Waals surface area contributed by atoms with Crippen molar-refractivity contribution in [3.8, 4) is 5.75 Å². The minimum absolute atomic E-state index is 0.0757. The molecular weight excluding hydrogens is 450 g/mol. The average Bonchev–Trinajstić information content (AvgIpc) is 3.42. The van der Waals surface area contributed by atoms with Crippen molar-refractivity contribution in [3.05, 3.63) is 72.2 Å². The zero-order chi connectivity index (χ0) is 22.7. The van der Waals surface area contributed by atoms with Gasteiger partial charge >= 0.3 is 0 Å². The Balaban J connectivity index is 1.56. The number of aromatic nitrogens is 1. The van der Waals surface area contributed by atoms with Crippen LogP contribution in [0.3, 0.4) is 0 Å². The topological polar surface area (TPSA) is 102 Å². The summed E-state index contributed by atoms with van der Waals surface area (Å²) in [5, 5.41) is 3.08. The first-order valence-electron chi connectivity index (χ1n) is 9.69. The lowest BCUT2D eigenvalue weighted by Gasteiger charge is -2.20. The van der Waals surface area contributed by atoms with Crippen molar-refractivity contribution in [2.24, 2.45) is 0 Å². The molecular formula is C22H21N3O5S2. The van der Waals surface area contributed by atoms with Crippen LogP contribution in [0.2, 0.25) is 0 Å². The number of ether oxygens (including phenoxy) is 1. The van der Waals surface area contributed by atoms with Crippen LogP contribution in [-0.4, -0.2) is 37.3 Å². The molecule has 0 radical (unpaired) electrons. The van der Waals surface area contributed by atoms with Crippen LogP contribution < -0.4 is 10.1 Å². The number of hydrogen-bond acceptors (Lipinski definition) is 7. The molecule has 0 aliphatic carbocycles. The van der Waals surface area contributed by atoms with Crippen LogP contribution in [0.25, 0.3) is 10.2 Å². The van der Waals surface area contributed by atoms with Crippen molar-refractivity contribution in [1.82, 2.24) is 9.29 Å². The SMILES string of the molecule is COc1ccc2nc(NC(=O)CN(Cc3ccco3)S(=O)(=O)c3ccc(C)cc3)sc2c1. The first kappa shape index (κ1) is 22.0. The van der Waals surface area contributed by atoms with Gasteiger partial charge in [0.2, 0.25) is 15.9 Å². The van der Waals surface area contributed by atoms with Crippen molar-refractivity contribution in [3.63, 3.8) is 0 Å². The van der Waals surface area contributed by atoms with E-state index in [4.69, 9.17) is 9.15 Å². The Bertz CT molecular complexity index is 1330. The molecule has 0 aliphatic heterocycles. The van der Waals surface area contributed by atoms with Crippen molar-refractivity contribution in [1.29, 1.82) is 0 Å². The van der Waals surface area contributed by atoms with Gasteiger partial charge in [-0.2, -0.15) is 4.31 Å². The van der Waals surface area contributed by atoms with E-state index >= 15 is 0 Å². The number of hydrogen-bond donors (Lipinski definition) is 1. The second-order valence-electron chi connectivity index (χ2n) is 7.07. The van der Waals surface area contributed by atoms with E-state index in [0.29, 0.717) is 22.2 Å². The first-order valence-corrected chi connectivity index (χ1v) is 11.9. The maximum absolute atomic E-state index is 13.2. The van der Waals surface area contributed by atoms with Crippen molar-refractivity contribution in [2.45, 2.75) is 18.4 Å². The third-order valence-corrected chi connectivity index (χ3v) is 7.47. The molecule has 166 valence electrons. The van der Waals surface area contributed by atoms with Crippen molar-refractivity contribution in [2.75, 3.05) is 19.0 Å². The average molecular weight is 472 g/mol. The number of fused-ring (bicyclic) bond motifs is 1. The Morgan fingerprint density at radius 3 is 2.66 bits per heavy atom. The maximum atomic E-state index is 13.2. The van der Waals surface area contributed by atoms with Crippen LogP contribution in [0, 0.1) is 6.92 Å². The summed E-state index contributed by atoms with van der Waals surface area (Å²) < 4.78 is 39.0. The smallest absolute Gasteiger partial charge is 0.243 e. The minimum atomic E-state index is -3.94. The highest BCUT2D eigenvalue weighted by molar-refractivity contribution is 7.89. The number of thiazole rings is 1. The van der Waals surface area contributed by atoms with Crippen LogP contribution in [-0.2, 0) is 21.4 Å². The fourth-order valence-corrected chi connectivity index (χ4v) is 5.34.